The summed E-state index contributed by atoms with van der Waals surface area (Å²) in [7, 11) is 0. The van der Waals surface area contributed by atoms with Crippen LogP contribution in [-0.2, 0) is 14.3 Å². The number of amides is 1. The molecule has 1 amide bonds. The van der Waals surface area contributed by atoms with Crippen molar-refractivity contribution in [2.24, 2.45) is 0 Å². The summed E-state index contributed by atoms with van der Waals surface area (Å²) >= 11 is 0. The van der Waals surface area contributed by atoms with E-state index in [4.69, 9.17) is 9.47 Å². The van der Waals surface area contributed by atoms with E-state index in [-0.39, 0.29) is 0 Å². The molecule has 0 unspecified atom stereocenters. The molecule has 25 heavy (non-hydrogen) atoms. The minimum atomic E-state index is -0.550. The van der Waals surface area contributed by atoms with Crippen molar-refractivity contribution in [3.8, 4) is 0 Å². The van der Waals surface area contributed by atoms with Crippen molar-refractivity contribution in [2.75, 3.05) is 18.5 Å². The molecule has 6 heteroatoms. The third kappa shape index (κ3) is 5.17. The van der Waals surface area contributed by atoms with E-state index in [1.54, 1.807) is 56.3 Å². The summed E-state index contributed by atoms with van der Waals surface area (Å²) < 4.78 is 9.89. The predicted molar refractivity (Wildman–Crippen MR) is 92.5 cm³/mol. The molecule has 0 heterocycles. The predicted octanol–water partition coefficient (Wildman–Crippen LogP) is 2.97. The zero-order valence-corrected chi connectivity index (χ0v) is 14.1. The van der Waals surface area contributed by atoms with Crippen LogP contribution < -0.4 is 5.32 Å². The van der Waals surface area contributed by atoms with Crippen LogP contribution in [-0.4, -0.2) is 31.1 Å². The molecule has 6 nitrogen and oxygen atoms in total. The molecule has 1 N–H and O–H groups in total. The molecule has 0 aliphatic carbocycles. The summed E-state index contributed by atoms with van der Waals surface area (Å²) in [4.78, 5) is 35.4. The summed E-state index contributed by atoms with van der Waals surface area (Å²) in [6.45, 7) is 3.42. The standard InChI is InChI=1S/C19H19NO5/c1-3-24-18(22)14-8-10-15(11-9-14)20-17(21)12-25-19(23)16-7-5-4-6-13(16)2/h4-11H,3,12H2,1-2H3,(H,20,21). The van der Waals surface area contributed by atoms with Gasteiger partial charge in [-0.2, -0.15) is 0 Å². The zero-order valence-electron chi connectivity index (χ0n) is 14.1. The molecule has 2 aromatic carbocycles. The average Bonchev–Trinajstić information content (AvgIpc) is 2.61. The second kappa shape index (κ2) is 8.63. The highest BCUT2D eigenvalue weighted by Gasteiger charge is 2.12. The van der Waals surface area contributed by atoms with Gasteiger partial charge in [-0.25, -0.2) is 9.59 Å². The molecule has 0 radical (unpaired) electrons. The molecule has 0 aromatic heterocycles. The molecule has 2 aromatic rings. The van der Waals surface area contributed by atoms with E-state index in [0.29, 0.717) is 23.4 Å². The lowest BCUT2D eigenvalue weighted by atomic mass is 10.1. The molecule has 0 aliphatic heterocycles. The number of rotatable bonds is 6. The molecular weight excluding hydrogens is 322 g/mol. The number of carbonyl (C=O) groups is 3. The van der Waals surface area contributed by atoms with E-state index in [9.17, 15) is 14.4 Å². The smallest absolute Gasteiger partial charge is 0.338 e. The Morgan fingerprint density at radius 2 is 1.60 bits per heavy atom. The molecular formula is C19H19NO5. The van der Waals surface area contributed by atoms with E-state index in [0.717, 1.165) is 5.56 Å². The van der Waals surface area contributed by atoms with Crippen molar-refractivity contribution in [1.82, 2.24) is 0 Å². The fraction of sp³-hybridized carbons (Fsp3) is 0.211. The monoisotopic (exact) mass is 341 g/mol. The van der Waals surface area contributed by atoms with Gasteiger partial charge < -0.3 is 14.8 Å². The zero-order chi connectivity index (χ0) is 18.2. The Morgan fingerprint density at radius 3 is 2.24 bits per heavy atom. The van der Waals surface area contributed by atoms with Crippen molar-refractivity contribution in [1.29, 1.82) is 0 Å². The van der Waals surface area contributed by atoms with Gasteiger partial charge in [-0.3, -0.25) is 4.79 Å². The first-order valence-corrected chi connectivity index (χ1v) is 7.81. The topological polar surface area (TPSA) is 81.7 Å². The largest absolute Gasteiger partial charge is 0.462 e. The summed E-state index contributed by atoms with van der Waals surface area (Å²) in [5.41, 5.74) is 2.09. The van der Waals surface area contributed by atoms with Crippen LogP contribution in [0.15, 0.2) is 48.5 Å². The van der Waals surface area contributed by atoms with Gasteiger partial charge in [0.2, 0.25) is 0 Å². The van der Waals surface area contributed by atoms with Gasteiger partial charge in [0.1, 0.15) is 0 Å². The molecule has 0 saturated carbocycles. The highest BCUT2D eigenvalue weighted by Crippen LogP contribution is 2.11. The number of hydrogen-bond acceptors (Lipinski definition) is 5. The van der Waals surface area contributed by atoms with Crippen LogP contribution in [0.4, 0.5) is 5.69 Å². The van der Waals surface area contributed by atoms with Gasteiger partial charge in [0.25, 0.3) is 5.91 Å². The van der Waals surface area contributed by atoms with Crippen LogP contribution in [0, 0.1) is 6.92 Å². The molecule has 0 spiro atoms. The molecule has 0 aliphatic rings. The first-order chi connectivity index (χ1) is 12.0. The Bertz CT molecular complexity index is 768. The van der Waals surface area contributed by atoms with Gasteiger partial charge in [-0.05, 0) is 49.7 Å². The van der Waals surface area contributed by atoms with Crippen LogP contribution in [0.3, 0.4) is 0 Å². The number of hydrogen-bond donors (Lipinski definition) is 1. The highest BCUT2D eigenvalue weighted by molar-refractivity contribution is 5.96. The number of esters is 2. The molecule has 0 bridgehead atoms. The minimum absolute atomic E-state index is 0.295. The lowest BCUT2D eigenvalue weighted by Gasteiger charge is -2.08. The Labute approximate surface area is 145 Å². The molecule has 2 rings (SSSR count). The SMILES string of the molecule is CCOC(=O)c1ccc(NC(=O)COC(=O)c2ccccc2C)cc1. The summed E-state index contributed by atoms with van der Waals surface area (Å²) in [5, 5.41) is 2.59. The number of carbonyl (C=O) groups excluding carboxylic acids is 3. The van der Waals surface area contributed by atoms with E-state index in [1.807, 2.05) is 6.07 Å². The first-order valence-electron chi connectivity index (χ1n) is 7.81. The van der Waals surface area contributed by atoms with Crippen LogP contribution in [0.25, 0.3) is 0 Å². The maximum Gasteiger partial charge on any atom is 0.338 e. The van der Waals surface area contributed by atoms with E-state index in [1.165, 1.54) is 0 Å². The molecule has 0 saturated heterocycles. The van der Waals surface area contributed by atoms with Crippen molar-refractivity contribution < 1.29 is 23.9 Å². The van der Waals surface area contributed by atoms with Crippen LogP contribution in [0.5, 0.6) is 0 Å². The number of ether oxygens (including phenoxy) is 2. The number of benzene rings is 2. The Balaban J connectivity index is 1.87. The van der Waals surface area contributed by atoms with Crippen molar-refractivity contribution in [3.05, 3.63) is 65.2 Å². The highest BCUT2D eigenvalue weighted by atomic mass is 16.5. The fourth-order valence-electron chi connectivity index (χ4n) is 2.11. The van der Waals surface area contributed by atoms with Crippen LogP contribution in [0.1, 0.15) is 33.2 Å². The number of nitrogens with one attached hydrogen (secondary N) is 1. The fourth-order valence-corrected chi connectivity index (χ4v) is 2.11. The number of aryl methyl sites for hydroxylation is 1. The van der Waals surface area contributed by atoms with Gasteiger partial charge in [0.05, 0.1) is 17.7 Å². The lowest BCUT2D eigenvalue weighted by molar-refractivity contribution is -0.119. The Kier molecular flexibility index (Phi) is 6.28. The molecule has 0 fully saturated rings. The first kappa shape index (κ1) is 18.2. The van der Waals surface area contributed by atoms with Gasteiger partial charge in [-0.15, -0.1) is 0 Å². The van der Waals surface area contributed by atoms with E-state index < -0.39 is 24.5 Å². The second-order valence-electron chi connectivity index (χ2n) is 5.24. The third-order valence-corrected chi connectivity index (χ3v) is 3.38. The maximum atomic E-state index is 11.9. The van der Waals surface area contributed by atoms with Crippen LogP contribution >= 0.6 is 0 Å². The van der Waals surface area contributed by atoms with Crippen molar-refractivity contribution in [2.45, 2.75) is 13.8 Å². The molecule has 130 valence electrons. The summed E-state index contributed by atoms with van der Waals surface area (Å²) in [5.74, 6) is -1.44. The van der Waals surface area contributed by atoms with E-state index in [2.05, 4.69) is 5.32 Å². The van der Waals surface area contributed by atoms with Gasteiger partial charge in [0, 0.05) is 5.69 Å². The maximum absolute atomic E-state index is 11.9. The van der Waals surface area contributed by atoms with E-state index >= 15 is 0 Å². The molecule has 0 atom stereocenters. The van der Waals surface area contributed by atoms with Crippen LogP contribution in [0.2, 0.25) is 0 Å². The average molecular weight is 341 g/mol. The quantitative estimate of drug-likeness (QED) is 0.817. The van der Waals surface area contributed by atoms with Gasteiger partial charge in [-0.1, -0.05) is 18.2 Å². The van der Waals surface area contributed by atoms with Gasteiger partial charge in [0.15, 0.2) is 6.61 Å². The Morgan fingerprint density at radius 1 is 0.920 bits per heavy atom. The van der Waals surface area contributed by atoms with Gasteiger partial charge >= 0.3 is 11.9 Å². The lowest BCUT2D eigenvalue weighted by Crippen LogP contribution is -2.21. The normalized spacial score (nSPS) is 10.0. The third-order valence-electron chi connectivity index (χ3n) is 3.38. The van der Waals surface area contributed by atoms with Crippen molar-refractivity contribution >= 4 is 23.5 Å². The van der Waals surface area contributed by atoms with Crippen molar-refractivity contribution in [3.63, 3.8) is 0 Å². The second-order valence-corrected chi connectivity index (χ2v) is 5.24. The Hall–Kier alpha value is -3.15. The summed E-state index contributed by atoms with van der Waals surface area (Å²) in [6, 6.07) is 13.2. The summed E-state index contributed by atoms with van der Waals surface area (Å²) in [6.07, 6.45) is 0. The minimum Gasteiger partial charge on any atom is -0.462 e. The number of anilines is 1.